The van der Waals surface area contributed by atoms with Crippen LogP contribution in [0.1, 0.15) is 61.3 Å². The molecule has 0 aromatic heterocycles. The molecule has 0 unspecified atom stereocenters. The van der Waals surface area contributed by atoms with Crippen molar-refractivity contribution in [3.8, 4) is 0 Å². The standard InChI is InChI=1S/C17H32N2O/c1-8-9-10-19-11-13(16(2,3)4)14(17(5,6)7)15(20)18-12-19/h8-12H2,1-7H3,(H,18,20). The van der Waals surface area contributed by atoms with Crippen LogP contribution in [0.2, 0.25) is 0 Å². The van der Waals surface area contributed by atoms with Crippen molar-refractivity contribution in [3.63, 3.8) is 0 Å². The molecule has 0 aromatic carbocycles. The topological polar surface area (TPSA) is 32.3 Å². The van der Waals surface area contributed by atoms with E-state index in [1.54, 1.807) is 0 Å². The number of carbonyl (C=O) groups excluding carboxylic acids is 1. The normalized spacial score (nSPS) is 19.1. The average Bonchev–Trinajstić information content (AvgIpc) is 2.44. The fourth-order valence-electron chi connectivity index (χ4n) is 2.71. The largest absolute Gasteiger partial charge is 0.340 e. The zero-order valence-electron chi connectivity index (χ0n) is 14.4. The molecular formula is C17H32N2O. The van der Waals surface area contributed by atoms with Crippen LogP contribution in [0, 0.1) is 10.8 Å². The molecule has 0 saturated carbocycles. The van der Waals surface area contributed by atoms with E-state index in [4.69, 9.17) is 0 Å². The highest BCUT2D eigenvalue weighted by Gasteiger charge is 2.35. The molecule has 0 fully saturated rings. The zero-order chi connectivity index (χ0) is 15.6. The number of hydrogen-bond acceptors (Lipinski definition) is 2. The number of rotatable bonds is 3. The Labute approximate surface area is 124 Å². The molecular weight excluding hydrogens is 248 g/mol. The summed E-state index contributed by atoms with van der Waals surface area (Å²) in [6.45, 7) is 17.9. The molecule has 1 amide bonds. The summed E-state index contributed by atoms with van der Waals surface area (Å²) in [6.07, 6.45) is 2.36. The van der Waals surface area contributed by atoms with Crippen LogP contribution in [0.25, 0.3) is 0 Å². The van der Waals surface area contributed by atoms with Gasteiger partial charge in [-0.15, -0.1) is 0 Å². The number of carbonyl (C=O) groups is 1. The van der Waals surface area contributed by atoms with Crippen LogP contribution >= 0.6 is 0 Å². The molecule has 0 atom stereocenters. The lowest BCUT2D eigenvalue weighted by Gasteiger charge is -2.32. The zero-order valence-corrected chi connectivity index (χ0v) is 14.4. The Kier molecular flexibility index (Phi) is 5.42. The Morgan fingerprint density at radius 2 is 1.70 bits per heavy atom. The maximum absolute atomic E-state index is 12.5. The second-order valence-electron chi connectivity index (χ2n) is 7.92. The van der Waals surface area contributed by atoms with Crippen LogP contribution in [0.4, 0.5) is 0 Å². The highest BCUT2D eigenvalue weighted by atomic mass is 16.1. The Hall–Kier alpha value is -0.830. The molecule has 0 radical (unpaired) electrons. The molecule has 116 valence electrons. The number of unbranched alkanes of at least 4 members (excludes halogenated alkanes) is 1. The number of nitrogens with zero attached hydrogens (tertiary/aromatic N) is 1. The Morgan fingerprint density at radius 1 is 1.10 bits per heavy atom. The van der Waals surface area contributed by atoms with Crippen LogP contribution in [-0.2, 0) is 4.79 Å². The van der Waals surface area contributed by atoms with Gasteiger partial charge in [0.2, 0.25) is 5.91 Å². The summed E-state index contributed by atoms with van der Waals surface area (Å²) in [4.78, 5) is 14.9. The van der Waals surface area contributed by atoms with Gasteiger partial charge in [0.1, 0.15) is 0 Å². The molecule has 1 aliphatic rings. The molecule has 0 aliphatic carbocycles. The maximum Gasteiger partial charge on any atom is 0.248 e. The van der Waals surface area contributed by atoms with E-state index in [2.05, 4.69) is 58.7 Å². The SMILES string of the molecule is CCCCN1CNC(=O)C(C(C)(C)C)=C(C(C)(C)C)C1. The highest BCUT2D eigenvalue weighted by Crippen LogP contribution is 2.37. The Balaban J connectivity index is 3.19. The number of hydrogen-bond donors (Lipinski definition) is 1. The van der Waals surface area contributed by atoms with Crippen molar-refractivity contribution >= 4 is 5.91 Å². The molecule has 20 heavy (non-hydrogen) atoms. The summed E-state index contributed by atoms with van der Waals surface area (Å²) >= 11 is 0. The first-order chi connectivity index (χ1) is 9.07. The van der Waals surface area contributed by atoms with E-state index in [0.717, 1.165) is 18.7 Å². The van der Waals surface area contributed by atoms with E-state index in [0.29, 0.717) is 6.67 Å². The van der Waals surface area contributed by atoms with Gasteiger partial charge in [0.05, 0.1) is 6.67 Å². The quantitative estimate of drug-likeness (QED) is 0.857. The van der Waals surface area contributed by atoms with Gasteiger partial charge in [-0.25, -0.2) is 0 Å². The first-order valence-corrected chi connectivity index (χ1v) is 7.82. The van der Waals surface area contributed by atoms with Gasteiger partial charge in [0, 0.05) is 18.7 Å². The third-order valence-electron chi connectivity index (χ3n) is 3.86. The smallest absolute Gasteiger partial charge is 0.248 e. The van der Waals surface area contributed by atoms with Crippen molar-refractivity contribution in [2.75, 3.05) is 19.8 Å². The van der Waals surface area contributed by atoms with E-state index in [1.165, 1.54) is 18.4 Å². The Bertz CT molecular complexity index is 383. The summed E-state index contributed by atoms with van der Waals surface area (Å²) in [6, 6.07) is 0. The summed E-state index contributed by atoms with van der Waals surface area (Å²) in [5.41, 5.74) is 2.17. The van der Waals surface area contributed by atoms with E-state index in [1.807, 2.05) is 0 Å². The molecule has 3 nitrogen and oxygen atoms in total. The van der Waals surface area contributed by atoms with Gasteiger partial charge in [0.25, 0.3) is 0 Å². The first kappa shape index (κ1) is 17.2. The monoisotopic (exact) mass is 280 g/mol. The summed E-state index contributed by atoms with van der Waals surface area (Å²) in [7, 11) is 0. The van der Waals surface area contributed by atoms with Crippen molar-refractivity contribution in [1.82, 2.24) is 10.2 Å². The molecule has 1 rings (SSSR count). The van der Waals surface area contributed by atoms with E-state index in [9.17, 15) is 4.79 Å². The van der Waals surface area contributed by atoms with Gasteiger partial charge in [-0.1, -0.05) is 54.9 Å². The van der Waals surface area contributed by atoms with Crippen LogP contribution in [-0.4, -0.2) is 30.6 Å². The number of nitrogens with one attached hydrogen (secondary N) is 1. The van der Waals surface area contributed by atoms with Crippen LogP contribution in [0.3, 0.4) is 0 Å². The fourth-order valence-corrected chi connectivity index (χ4v) is 2.71. The van der Waals surface area contributed by atoms with Crippen LogP contribution in [0.5, 0.6) is 0 Å². The van der Waals surface area contributed by atoms with Gasteiger partial charge in [0.15, 0.2) is 0 Å². The van der Waals surface area contributed by atoms with Gasteiger partial charge in [-0.3, -0.25) is 9.69 Å². The third-order valence-corrected chi connectivity index (χ3v) is 3.86. The molecule has 0 aromatic rings. The van der Waals surface area contributed by atoms with E-state index < -0.39 is 0 Å². The second-order valence-corrected chi connectivity index (χ2v) is 7.92. The molecule has 1 aliphatic heterocycles. The van der Waals surface area contributed by atoms with Crippen LogP contribution in [0.15, 0.2) is 11.1 Å². The minimum Gasteiger partial charge on any atom is -0.340 e. The average molecular weight is 280 g/mol. The molecule has 0 spiro atoms. The number of amides is 1. The van der Waals surface area contributed by atoms with Gasteiger partial charge < -0.3 is 5.32 Å². The molecule has 0 bridgehead atoms. The molecule has 3 heteroatoms. The van der Waals surface area contributed by atoms with Gasteiger partial charge in [-0.2, -0.15) is 0 Å². The molecule has 1 heterocycles. The Morgan fingerprint density at radius 3 is 2.15 bits per heavy atom. The summed E-state index contributed by atoms with van der Waals surface area (Å²) < 4.78 is 0. The summed E-state index contributed by atoms with van der Waals surface area (Å²) in [5.74, 6) is 0.112. The first-order valence-electron chi connectivity index (χ1n) is 7.82. The lowest BCUT2D eigenvalue weighted by atomic mass is 9.74. The lowest BCUT2D eigenvalue weighted by molar-refractivity contribution is -0.118. The van der Waals surface area contributed by atoms with Crippen molar-refractivity contribution in [2.24, 2.45) is 10.8 Å². The van der Waals surface area contributed by atoms with Gasteiger partial charge >= 0.3 is 0 Å². The fraction of sp³-hybridized carbons (Fsp3) is 0.824. The minimum atomic E-state index is -0.118. The predicted molar refractivity (Wildman–Crippen MR) is 85.4 cm³/mol. The third kappa shape index (κ3) is 4.34. The van der Waals surface area contributed by atoms with Crippen LogP contribution < -0.4 is 5.32 Å². The second kappa shape index (κ2) is 6.30. The van der Waals surface area contributed by atoms with E-state index >= 15 is 0 Å². The van der Waals surface area contributed by atoms with Crippen molar-refractivity contribution in [3.05, 3.63) is 11.1 Å². The lowest BCUT2D eigenvalue weighted by Crippen LogP contribution is -2.37. The minimum absolute atomic E-state index is 0.0226. The molecule has 0 saturated heterocycles. The summed E-state index contributed by atoms with van der Waals surface area (Å²) in [5, 5.41) is 3.09. The maximum atomic E-state index is 12.5. The highest BCUT2D eigenvalue weighted by molar-refractivity contribution is 5.95. The predicted octanol–water partition coefficient (Wildman–Crippen LogP) is 3.56. The van der Waals surface area contributed by atoms with Crippen molar-refractivity contribution in [2.45, 2.75) is 61.3 Å². The van der Waals surface area contributed by atoms with Crippen molar-refractivity contribution in [1.29, 1.82) is 0 Å². The van der Waals surface area contributed by atoms with Crippen molar-refractivity contribution < 1.29 is 4.79 Å². The van der Waals surface area contributed by atoms with Gasteiger partial charge in [-0.05, 0) is 22.8 Å². The molecule has 1 N–H and O–H groups in total. The van der Waals surface area contributed by atoms with E-state index in [-0.39, 0.29) is 16.7 Å².